The molecule has 0 aliphatic heterocycles. The van der Waals surface area contributed by atoms with Crippen LogP contribution in [0.3, 0.4) is 0 Å². The molecule has 0 atom stereocenters. The molecule has 0 heterocycles. The fourth-order valence-electron chi connectivity index (χ4n) is 1.41. The molecule has 1 aromatic carbocycles. The van der Waals surface area contributed by atoms with Gasteiger partial charge in [0.15, 0.2) is 0 Å². The summed E-state index contributed by atoms with van der Waals surface area (Å²) in [6.45, 7) is 4.08. The van der Waals surface area contributed by atoms with Gasteiger partial charge < -0.3 is 0 Å². The molecule has 0 radical (unpaired) electrons. The van der Waals surface area contributed by atoms with E-state index >= 15 is 0 Å². The lowest BCUT2D eigenvalue weighted by molar-refractivity contribution is 0.486. The van der Waals surface area contributed by atoms with Crippen molar-refractivity contribution in [3.05, 3.63) is 27.7 Å². The summed E-state index contributed by atoms with van der Waals surface area (Å²) >= 11 is 9.09. The first-order chi connectivity index (χ1) is 7.84. The van der Waals surface area contributed by atoms with Crippen molar-refractivity contribution in [3.63, 3.8) is 0 Å². The highest BCUT2D eigenvalue weighted by molar-refractivity contribution is 9.10. The second-order valence-corrected chi connectivity index (χ2v) is 6.85. The Kier molecular flexibility index (Phi) is 5.01. The van der Waals surface area contributed by atoms with Crippen molar-refractivity contribution < 1.29 is 8.42 Å². The predicted molar refractivity (Wildman–Crippen MR) is 73.9 cm³/mol. The van der Waals surface area contributed by atoms with Crippen molar-refractivity contribution in [2.45, 2.75) is 24.6 Å². The summed E-state index contributed by atoms with van der Waals surface area (Å²) in [5.74, 6) is 0.298. The van der Waals surface area contributed by atoms with E-state index in [0.29, 0.717) is 16.9 Å². The SMILES string of the molecule is CCN(C)S(=O)(=O)c1cc(CCl)cc(C)c1Br. The van der Waals surface area contributed by atoms with Gasteiger partial charge >= 0.3 is 0 Å². The quantitative estimate of drug-likeness (QED) is 0.790. The molecule has 3 nitrogen and oxygen atoms in total. The van der Waals surface area contributed by atoms with E-state index in [4.69, 9.17) is 11.6 Å². The van der Waals surface area contributed by atoms with Crippen LogP contribution in [0.5, 0.6) is 0 Å². The second-order valence-electron chi connectivity index (χ2n) is 3.78. The maximum absolute atomic E-state index is 12.3. The lowest BCUT2D eigenvalue weighted by Crippen LogP contribution is -2.27. The summed E-state index contributed by atoms with van der Waals surface area (Å²) in [7, 11) is -1.89. The standard InChI is InChI=1S/C11H15BrClNO2S/c1-4-14(3)17(15,16)10-6-9(7-13)5-8(2)11(10)12/h5-6H,4,7H2,1-3H3. The highest BCUT2D eigenvalue weighted by Gasteiger charge is 2.23. The Labute approximate surface area is 116 Å². The fourth-order valence-corrected chi connectivity index (χ4v) is 3.77. The normalized spacial score (nSPS) is 12.1. The van der Waals surface area contributed by atoms with E-state index < -0.39 is 10.0 Å². The Hall–Kier alpha value is -0.100. The number of benzene rings is 1. The highest BCUT2D eigenvalue weighted by atomic mass is 79.9. The predicted octanol–water partition coefficient (Wildman–Crippen LogP) is 3.14. The summed E-state index contributed by atoms with van der Waals surface area (Å²) in [6.07, 6.45) is 0. The summed E-state index contributed by atoms with van der Waals surface area (Å²) < 4.78 is 26.4. The molecule has 0 amide bonds. The molecule has 0 saturated heterocycles. The maximum Gasteiger partial charge on any atom is 0.243 e. The van der Waals surface area contributed by atoms with Gasteiger partial charge in [0.1, 0.15) is 0 Å². The fraction of sp³-hybridized carbons (Fsp3) is 0.455. The molecule has 0 fully saturated rings. The number of aryl methyl sites for hydroxylation is 1. The van der Waals surface area contributed by atoms with Crippen molar-refractivity contribution in [1.82, 2.24) is 4.31 Å². The van der Waals surface area contributed by atoms with Crippen LogP contribution >= 0.6 is 27.5 Å². The minimum atomic E-state index is -3.45. The van der Waals surface area contributed by atoms with Gasteiger partial charge in [-0.15, -0.1) is 11.6 Å². The van der Waals surface area contributed by atoms with Crippen molar-refractivity contribution in [3.8, 4) is 0 Å². The van der Waals surface area contributed by atoms with Gasteiger partial charge in [-0.25, -0.2) is 12.7 Å². The number of sulfonamides is 1. The van der Waals surface area contributed by atoms with E-state index in [1.165, 1.54) is 4.31 Å². The Bertz CT molecular complexity index is 516. The average molecular weight is 341 g/mol. The minimum absolute atomic E-state index is 0.275. The third-order valence-corrected chi connectivity index (χ3v) is 6.15. The monoisotopic (exact) mass is 339 g/mol. The third kappa shape index (κ3) is 3.02. The second kappa shape index (κ2) is 5.69. The lowest BCUT2D eigenvalue weighted by atomic mass is 10.2. The number of nitrogens with zero attached hydrogens (tertiary/aromatic N) is 1. The molecule has 96 valence electrons. The third-order valence-electron chi connectivity index (χ3n) is 2.57. The Balaban J connectivity index is 3.45. The van der Waals surface area contributed by atoms with E-state index in [1.807, 2.05) is 13.0 Å². The van der Waals surface area contributed by atoms with Crippen molar-refractivity contribution >= 4 is 37.6 Å². The highest BCUT2D eigenvalue weighted by Crippen LogP contribution is 2.29. The van der Waals surface area contributed by atoms with Gasteiger partial charge in [-0.1, -0.05) is 13.0 Å². The molecule has 0 aromatic heterocycles. The minimum Gasteiger partial charge on any atom is -0.207 e. The van der Waals surface area contributed by atoms with Gasteiger partial charge in [-0.2, -0.15) is 0 Å². The van der Waals surface area contributed by atoms with Crippen molar-refractivity contribution in [1.29, 1.82) is 0 Å². The van der Waals surface area contributed by atoms with E-state index in [9.17, 15) is 8.42 Å². The number of alkyl halides is 1. The Morgan fingerprint density at radius 2 is 2.00 bits per heavy atom. The van der Waals surface area contributed by atoms with Crippen LogP contribution in [0.15, 0.2) is 21.5 Å². The number of rotatable bonds is 4. The zero-order valence-electron chi connectivity index (χ0n) is 10.00. The van der Waals surface area contributed by atoms with Gasteiger partial charge in [0, 0.05) is 23.9 Å². The molecule has 0 unspecified atom stereocenters. The van der Waals surface area contributed by atoms with Crippen LogP contribution in [0.4, 0.5) is 0 Å². The van der Waals surface area contributed by atoms with Crippen molar-refractivity contribution in [2.75, 3.05) is 13.6 Å². The summed E-state index contributed by atoms with van der Waals surface area (Å²) in [6, 6.07) is 3.49. The molecule has 0 saturated carbocycles. The van der Waals surface area contributed by atoms with Gasteiger partial charge in [-0.3, -0.25) is 0 Å². The van der Waals surface area contributed by atoms with Crippen LogP contribution in [-0.4, -0.2) is 26.3 Å². The first-order valence-corrected chi connectivity index (χ1v) is 7.92. The van der Waals surface area contributed by atoms with Crippen LogP contribution < -0.4 is 0 Å². The van der Waals surface area contributed by atoms with E-state index in [2.05, 4.69) is 15.9 Å². The van der Waals surface area contributed by atoms with Crippen LogP contribution in [0.1, 0.15) is 18.1 Å². The molecule has 0 aliphatic rings. The van der Waals surface area contributed by atoms with Crippen LogP contribution in [-0.2, 0) is 15.9 Å². The summed E-state index contributed by atoms with van der Waals surface area (Å²) in [5, 5.41) is 0. The maximum atomic E-state index is 12.3. The summed E-state index contributed by atoms with van der Waals surface area (Å²) in [4.78, 5) is 0.275. The van der Waals surface area contributed by atoms with Crippen LogP contribution in [0.2, 0.25) is 0 Å². The number of hydrogen-bond donors (Lipinski definition) is 0. The van der Waals surface area contributed by atoms with Gasteiger partial charge in [0.25, 0.3) is 0 Å². The van der Waals surface area contributed by atoms with Crippen molar-refractivity contribution in [2.24, 2.45) is 0 Å². The number of hydrogen-bond acceptors (Lipinski definition) is 2. The summed E-state index contributed by atoms with van der Waals surface area (Å²) in [5.41, 5.74) is 1.67. The first-order valence-electron chi connectivity index (χ1n) is 5.16. The van der Waals surface area contributed by atoms with Gasteiger partial charge in [-0.05, 0) is 40.0 Å². The molecule has 0 N–H and O–H groups in total. The van der Waals surface area contributed by atoms with Gasteiger partial charge in [0.2, 0.25) is 10.0 Å². The van der Waals surface area contributed by atoms with E-state index in [1.54, 1.807) is 20.0 Å². The molecule has 1 rings (SSSR count). The zero-order valence-corrected chi connectivity index (χ0v) is 13.2. The smallest absolute Gasteiger partial charge is 0.207 e. The first kappa shape index (κ1) is 15.0. The van der Waals surface area contributed by atoms with Crippen LogP contribution in [0, 0.1) is 6.92 Å². The largest absolute Gasteiger partial charge is 0.243 e. The van der Waals surface area contributed by atoms with E-state index in [0.717, 1.165) is 11.1 Å². The molecule has 1 aromatic rings. The van der Waals surface area contributed by atoms with Gasteiger partial charge in [0.05, 0.1) is 4.90 Å². The Morgan fingerprint density at radius 1 is 1.41 bits per heavy atom. The zero-order chi connectivity index (χ0) is 13.2. The van der Waals surface area contributed by atoms with Crippen LogP contribution in [0.25, 0.3) is 0 Å². The molecule has 0 aliphatic carbocycles. The molecule has 6 heteroatoms. The molecule has 17 heavy (non-hydrogen) atoms. The topological polar surface area (TPSA) is 37.4 Å². The lowest BCUT2D eigenvalue weighted by Gasteiger charge is -2.17. The average Bonchev–Trinajstić information content (AvgIpc) is 2.30. The molecular formula is C11H15BrClNO2S. The Morgan fingerprint density at radius 3 is 2.47 bits per heavy atom. The molecular weight excluding hydrogens is 326 g/mol. The molecule has 0 bridgehead atoms. The molecule has 0 spiro atoms. The number of halogens is 2. The van der Waals surface area contributed by atoms with E-state index in [-0.39, 0.29) is 4.90 Å².